The number of carbonyl (C=O) groups is 1. The molecule has 0 heterocycles. The Morgan fingerprint density at radius 2 is 2.15 bits per heavy atom. The van der Waals surface area contributed by atoms with Crippen molar-refractivity contribution in [2.24, 2.45) is 0 Å². The smallest absolute Gasteiger partial charge is 0.217 e. The number of hydrogen-bond donors (Lipinski definition) is 3. The molecular weight excluding hydrogens is 190 g/mol. The highest BCUT2D eigenvalue weighted by Crippen LogP contribution is 2.11. The van der Waals surface area contributed by atoms with Gasteiger partial charge >= 0.3 is 0 Å². The Bertz CT molecular complexity index is 167. The van der Waals surface area contributed by atoms with E-state index in [1.54, 1.807) is 11.8 Å². The summed E-state index contributed by atoms with van der Waals surface area (Å²) in [6, 6.07) is -0.600. The van der Waals surface area contributed by atoms with Gasteiger partial charge in [-0.2, -0.15) is 11.8 Å². The molecule has 1 unspecified atom stereocenters. The molecule has 1 atom stereocenters. The van der Waals surface area contributed by atoms with Crippen molar-refractivity contribution in [3.63, 3.8) is 0 Å². The van der Waals surface area contributed by atoms with Crippen molar-refractivity contribution in [2.45, 2.75) is 32.1 Å². The molecular formula is C8H17NO3S. The predicted molar refractivity (Wildman–Crippen MR) is 53.4 cm³/mol. The molecule has 0 aliphatic rings. The first-order chi connectivity index (χ1) is 5.88. The summed E-state index contributed by atoms with van der Waals surface area (Å²) in [7, 11) is 0. The number of amides is 1. The van der Waals surface area contributed by atoms with Crippen LogP contribution in [0.5, 0.6) is 0 Å². The number of carbonyl (C=O) groups excluding carboxylic acids is 1. The maximum atomic E-state index is 10.7. The SMILES string of the molecule is CSCCC(NC(C)=O)C(C)(O)O. The molecule has 1 amide bonds. The van der Waals surface area contributed by atoms with Crippen molar-refractivity contribution in [3.8, 4) is 0 Å². The van der Waals surface area contributed by atoms with Gasteiger partial charge in [0, 0.05) is 6.92 Å². The van der Waals surface area contributed by atoms with Crippen LogP contribution in [0.1, 0.15) is 20.3 Å². The van der Waals surface area contributed by atoms with Crippen LogP contribution in [0.4, 0.5) is 0 Å². The summed E-state index contributed by atoms with van der Waals surface area (Å²) in [5.41, 5.74) is 0. The number of thioether (sulfide) groups is 1. The van der Waals surface area contributed by atoms with Crippen molar-refractivity contribution < 1.29 is 15.0 Å². The maximum absolute atomic E-state index is 10.7. The minimum atomic E-state index is -1.85. The highest BCUT2D eigenvalue weighted by molar-refractivity contribution is 7.98. The van der Waals surface area contributed by atoms with Gasteiger partial charge in [-0.05, 0) is 25.4 Å². The molecule has 5 heteroatoms. The van der Waals surface area contributed by atoms with Gasteiger partial charge in [0.25, 0.3) is 0 Å². The first kappa shape index (κ1) is 12.7. The third kappa shape index (κ3) is 5.90. The summed E-state index contributed by atoms with van der Waals surface area (Å²) in [5.74, 6) is -1.32. The van der Waals surface area contributed by atoms with Crippen LogP contribution in [0.15, 0.2) is 0 Å². The van der Waals surface area contributed by atoms with Gasteiger partial charge in [0.1, 0.15) is 0 Å². The zero-order valence-corrected chi connectivity index (χ0v) is 9.02. The van der Waals surface area contributed by atoms with Crippen LogP contribution < -0.4 is 5.32 Å². The van der Waals surface area contributed by atoms with Gasteiger partial charge < -0.3 is 15.5 Å². The lowest BCUT2D eigenvalue weighted by molar-refractivity contribution is -0.171. The Morgan fingerprint density at radius 1 is 1.62 bits per heavy atom. The van der Waals surface area contributed by atoms with E-state index >= 15 is 0 Å². The Labute approximate surface area is 82.7 Å². The van der Waals surface area contributed by atoms with E-state index < -0.39 is 11.8 Å². The molecule has 4 nitrogen and oxygen atoms in total. The molecule has 0 fully saturated rings. The molecule has 0 aliphatic carbocycles. The van der Waals surface area contributed by atoms with Crippen molar-refractivity contribution in [1.29, 1.82) is 0 Å². The molecule has 0 aromatic heterocycles. The fraction of sp³-hybridized carbons (Fsp3) is 0.875. The lowest BCUT2D eigenvalue weighted by atomic mass is 10.1. The van der Waals surface area contributed by atoms with Crippen molar-refractivity contribution >= 4 is 17.7 Å². The van der Waals surface area contributed by atoms with Crippen molar-refractivity contribution in [3.05, 3.63) is 0 Å². The van der Waals surface area contributed by atoms with Crippen LogP contribution in [-0.2, 0) is 4.79 Å². The first-order valence-corrected chi connectivity index (χ1v) is 5.48. The molecule has 0 radical (unpaired) electrons. The van der Waals surface area contributed by atoms with E-state index in [0.717, 1.165) is 5.75 Å². The normalized spacial score (nSPS) is 13.9. The summed E-state index contributed by atoms with van der Waals surface area (Å²) < 4.78 is 0. The van der Waals surface area contributed by atoms with Gasteiger partial charge in [0.2, 0.25) is 5.91 Å². The van der Waals surface area contributed by atoms with Gasteiger partial charge in [-0.25, -0.2) is 0 Å². The molecule has 0 spiro atoms. The highest BCUT2D eigenvalue weighted by atomic mass is 32.2. The van der Waals surface area contributed by atoms with Gasteiger partial charge in [-0.15, -0.1) is 0 Å². The zero-order valence-electron chi connectivity index (χ0n) is 8.20. The van der Waals surface area contributed by atoms with Crippen LogP contribution >= 0.6 is 11.8 Å². The monoisotopic (exact) mass is 207 g/mol. The first-order valence-electron chi connectivity index (χ1n) is 4.08. The molecule has 0 rings (SSSR count). The largest absolute Gasteiger partial charge is 0.364 e. The van der Waals surface area contributed by atoms with Crippen LogP contribution in [0.2, 0.25) is 0 Å². The van der Waals surface area contributed by atoms with Gasteiger partial charge in [0.05, 0.1) is 6.04 Å². The van der Waals surface area contributed by atoms with Gasteiger partial charge in [0.15, 0.2) is 5.79 Å². The summed E-state index contributed by atoms with van der Waals surface area (Å²) in [6.07, 6.45) is 2.47. The summed E-state index contributed by atoms with van der Waals surface area (Å²) in [4.78, 5) is 10.7. The molecule has 0 saturated heterocycles. The quantitative estimate of drug-likeness (QED) is 0.553. The van der Waals surface area contributed by atoms with Crippen molar-refractivity contribution in [1.82, 2.24) is 5.32 Å². The lowest BCUT2D eigenvalue weighted by Gasteiger charge is -2.28. The third-order valence-electron chi connectivity index (χ3n) is 1.65. The van der Waals surface area contributed by atoms with Gasteiger partial charge in [-0.1, -0.05) is 0 Å². The molecule has 0 bridgehead atoms. The molecule has 13 heavy (non-hydrogen) atoms. The average molecular weight is 207 g/mol. The minimum Gasteiger partial charge on any atom is -0.364 e. The lowest BCUT2D eigenvalue weighted by Crippen LogP contribution is -2.50. The summed E-state index contributed by atoms with van der Waals surface area (Å²) in [5, 5.41) is 21.1. The second-order valence-electron chi connectivity index (χ2n) is 3.13. The third-order valence-corrected chi connectivity index (χ3v) is 2.29. The van der Waals surface area contributed by atoms with E-state index in [2.05, 4.69) is 5.32 Å². The summed E-state index contributed by atoms with van der Waals surface area (Å²) in [6.45, 7) is 2.63. The average Bonchev–Trinajstić information content (AvgIpc) is 1.95. The van der Waals surface area contributed by atoms with E-state index in [9.17, 15) is 15.0 Å². The number of hydrogen-bond acceptors (Lipinski definition) is 4. The van der Waals surface area contributed by atoms with Crippen LogP contribution in [-0.4, -0.2) is 40.0 Å². The maximum Gasteiger partial charge on any atom is 0.217 e. The number of aliphatic hydroxyl groups is 2. The van der Waals surface area contributed by atoms with Crippen molar-refractivity contribution in [2.75, 3.05) is 12.0 Å². The molecule has 78 valence electrons. The van der Waals surface area contributed by atoms with E-state index in [4.69, 9.17) is 0 Å². The Balaban J connectivity index is 4.11. The summed E-state index contributed by atoms with van der Waals surface area (Å²) >= 11 is 1.60. The molecule has 3 N–H and O–H groups in total. The Kier molecular flexibility index (Phi) is 5.36. The number of rotatable bonds is 5. The predicted octanol–water partition coefficient (Wildman–Crippen LogP) is -0.0550. The van der Waals surface area contributed by atoms with Crippen LogP contribution in [0.25, 0.3) is 0 Å². The van der Waals surface area contributed by atoms with E-state index in [1.165, 1.54) is 13.8 Å². The van der Waals surface area contributed by atoms with E-state index in [0.29, 0.717) is 6.42 Å². The molecule has 0 saturated carbocycles. The Morgan fingerprint density at radius 3 is 2.46 bits per heavy atom. The fourth-order valence-electron chi connectivity index (χ4n) is 0.963. The van der Waals surface area contributed by atoms with Crippen LogP contribution in [0.3, 0.4) is 0 Å². The molecule has 0 aromatic carbocycles. The molecule has 0 aromatic rings. The van der Waals surface area contributed by atoms with Gasteiger partial charge in [-0.3, -0.25) is 4.79 Å². The molecule has 0 aliphatic heterocycles. The minimum absolute atomic E-state index is 0.250. The standard InChI is InChI=1S/C8H17NO3S/c1-6(10)9-7(4-5-13-3)8(2,11)12/h7,11-12H,4-5H2,1-3H3,(H,9,10). The Hall–Kier alpha value is -0.260. The highest BCUT2D eigenvalue weighted by Gasteiger charge is 2.29. The van der Waals surface area contributed by atoms with E-state index in [1.807, 2.05) is 6.26 Å². The fourth-order valence-corrected chi connectivity index (χ4v) is 1.43. The second kappa shape index (κ2) is 5.47. The zero-order chi connectivity index (χ0) is 10.5. The topological polar surface area (TPSA) is 69.6 Å². The second-order valence-corrected chi connectivity index (χ2v) is 4.11. The van der Waals surface area contributed by atoms with Crippen LogP contribution in [0, 0.1) is 0 Å². The number of nitrogens with one attached hydrogen (secondary N) is 1. The van der Waals surface area contributed by atoms with E-state index in [-0.39, 0.29) is 5.91 Å².